The van der Waals surface area contributed by atoms with Crippen LogP contribution >= 0.6 is 0 Å². The summed E-state index contributed by atoms with van der Waals surface area (Å²) in [6.45, 7) is 4.96. The van der Waals surface area contributed by atoms with E-state index < -0.39 is 0 Å². The highest BCUT2D eigenvalue weighted by molar-refractivity contribution is 6.02. The van der Waals surface area contributed by atoms with E-state index in [1.807, 2.05) is 31.2 Å². The molecule has 0 aliphatic rings. The molecular weight excluding hydrogens is 226 g/mol. The lowest BCUT2D eigenvalue weighted by Crippen LogP contribution is -2.34. The number of Topliss-reactive ketones (excluding diaryl/α,β-unsaturated/α-hetero) is 1. The number of hydrogen-bond donors (Lipinski definition) is 1. The van der Waals surface area contributed by atoms with Crippen LogP contribution in [0.5, 0.6) is 5.75 Å². The van der Waals surface area contributed by atoms with Gasteiger partial charge in [-0.1, -0.05) is 31.9 Å². The second-order valence-electron chi connectivity index (χ2n) is 4.45. The summed E-state index contributed by atoms with van der Waals surface area (Å²) in [5, 5.41) is 3.26. The minimum absolute atomic E-state index is 0.0870. The van der Waals surface area contributed by atoms with Crippen molar-refractivity contribution >= 4 is 5.78 Å². The summed E-state index contributed by atoms with van der Waals surface area (Å²) in [5.74, 6) is 0.730. The van der Waals surface area contributed by atoms with Crippen molar-refractivity contribution in [2.45, 2.75) is 39.2 Å². The van der Waals surface area contributed by atoms with E-state index in [9.17, 15) is 4.79 Å². The van der Waals surface area contributed by atoms with Crippen LogP contribution in [0.25, 0.3) is 0 Å². The van der Waals surface area contributed by atoms with Crippen LogP contribution in [-0.4, -0.2) is 25.5 Å². The van der Waals surface area contributed by atoms with Crippen LogP contribution in [0.1, 0.15) is 43.5 Å². The van der Waals surface area contributed by atoms with Crippen LogP contribution in [-0.2, 0) is 0 Å². The summed E-state index contributed by atoms with van der Waals surface area (Å²) in [4.78, 5) is 12.2. The first-order valence-corrected chi connectivity index (χ1v) is 6.61. The second kappa shape index (κ2) is 7.88. The molecular formula is C15H23NO2. The van der Waals surface area contributed by atoms with Gasteiger partial charge in [-0.25, -0.2) is 0 Å². The number of para-hydroxylation sites is 1. The van der Waals surface area contributed by atoms with Crippen molar-refractivity contribution < 1.29 is 9.53 Å². The predicted molar refractivity (Wildman–Crippen MR) is 74.3 cm³/mol. The molecule has 1 aromatic rings. The molecule has 0 saturated heterocycles. The Bertz CT molecular complexity index is 377. The van der Waals surface area contributed by atoms with Crippen LogP contribution in [0, 0.1) is 0 Å². The number of nitrogens with one attached hydrogen (secondary N) is 1. The number of methoxy groups -OCH3 is 1. The van der Waals surface area contributed by atoms with Crippen molar-refractivity contribution in [3.63, 3.8) is 0 Å². The molecule has 1 rings (SSSR count). The van der Waals surface area contributed by atoms with Gasteiger partial charge >= 0.3 is 0 Å². The first kappa shape index (κ1) is 14.7. The van der Waals surface area contributed by atoms with Crippen molar-refractivity contribution in [1.82, 2.24) is 5.32 Å². The molecule has 0 spiro atoms. The summed E-state index contributed by atoms with van der Waals surface area (Å²) >= 11 is 0. The molecule has 1 unspecified atom stereocenters. The third-order valence-corrected chi connectivity index (χ3v) is 3.00. The average Bonchev–Trinajstić information content (AvgIpc) is 2.42. The van der Waals surface area contributed by atoms with Crippen molar-refractivity contribution in [2.24, 2.45) is 0 Å². The fraction of sp³-hybridized carbons (Fsp3) is 0.533. The highest BCUT2D eigenvalue weighted by Crippen LogP contribution is 2.18. The van der Waals surface area contributed by atoms with Crippen LogP contribution in [0.2, 0.25) is 0 Å². The number of benzene rings is 1. The van der Waals surface area contributed by atoms with Gasteiger partial charge in [-0.05, 0) is 32.0 Å². The van der Waals surface area contributed by atoms with Crippen LogP contribution < -0.4 is 10.1 Å². The van der Waals surface area contributed by atoms with Gasteiger partial charge in [0, 0.05) is 0 Å². The zero-order chi connectivity index (χ0) is 13.4. The van der Waals surface area contributed by atoms with E-state index in [0.717, 1.165) is 13.0 Å². The molecule has 100 valence electrons. The molecule has 0 aliphatic carbocycles. The van der Waals surface area contributed by atoms with Crippen LogP contribution in [0.4, 0.5) is 0 Å². The van der Waals surface area contributed by atoms with E-state index in [1.54, 1.807) is 7.11 Å². The number of carbonyl (C=O) groups excluding carboxylic acids is 1. The molecule has 0 fully saturated rings. The highest BCUT2D eigenvalue weighted by atomic mass is 16.5. The maximum absolute atomic E-state index is 12.2. The Hall–Kier alpha value is -1.35. The van der Waals surface area contributed by atoms with Gasteiger partial charge in [-0.15, -0.1) is 0 Å². The standard InChI is InChI=1S/C15H23NO2/c1-4-5-8-11-16-12(2)15(17)13-9-6-7-10-14(13)18-3/h6-7,9-10,12,16H,4-5,8,11H2,1-3H3. The summed E-state index contributed by atoms with van der Waals surface area (Å²) < 4.78 is 5.21. The Balaban J connectivity index is 2.57. The van der Waals surface area contributed by atoms with Gasteiger partial charge in [-0.2, -0.15) is 0 Å². The maximum atomic E-state index is 12.2. The van der Waals surface area contributed by atoms with Crippen molar-refractivity contribution in [3.8, 4) is 5.75 Å². The molecule has 0 heterocycles. The highest BCUT2D eigenvalue weighted by Gasteiger charge is 2.17. The van der Waals surface area contributed by atoms with Crippen LogP contribution in [0.15, 0.2) is 24.3 Å². The average molecular weight is 249 g/mol. The largest absolute Gasteiger partial charge is 0.496 e. The number of ether oxygens (including phenoxy) is 1. The Morgan fingerprint density at radius 1 is 1.33 bits per heavy atom. The van der Waals surface area contributed by atoms with Gasteiger partial charge in [0.15, 0.2) is 5.78 Å². The summed E-state index contributed by atoms with van der Waals surface area (Å²) in [6.07, 6.45) is 3.50. The molecule has 0 aromatic heterocycles. The lowest BCUT2D eigenvalue weighted by molar-refractivity contribution is 0.0948. The van der Waals surface area contributed by atoms with Gasteiger partial charge in [0.25, 0.3) is 0 Å². The second-order valence-corrected chi connectivity index (χ2v) is 4.45. The molecule has 0 aliphatic heterocycles. The minimum atomic E-state index is -0.168. The van der Waals surface area contributed by atoms with E-state index in [1.165, 1.54) is 12.8 Å². The minimum Gasteiger partial charge on any atom is -0.496 e. The van der Waals surface area contributed by atoms with Gasteiger partial charge in [-0.3, -0.25) is 4.79 Å². The van der Waals surface area contributed by atoms with Crippen molar-refractivity contribution in [1.29, 1.82) is 0 Å². The Kier molecular flexibility index (Phi) is 6.44. The molecule has 3 heteroatoms. The fourth-order valence-electron chi connectivity index (χ4n) is 1.87. The SMILES string of the molecule is CCCCCNC(C)C(=O)c1ccccc1OC. The lowest BCUT2D eigenvalue weighted by Gasteiger charge is -2.14. The predicted octanol–water partition coefficient (Wildman–Crippen LogP) is 3.05. The van der Waals surface area contributed by atoms with Gasteiger partial charge in [0.05, 0.1) is 18.7 Å². The third-order valence-electron chi connectivity index (χ3n) is 3.00. The molecule has 0 bridgehead atoms. The molecule has 0 saturated carbocycles. The molecule has 1 aromatic carbocycles. The first-order valence-electron chi connectivity index (χ1n) is 6.61. The van der Waals surface area contributed by atoms with E-state index in [2.05, 4.69) is 12.2 Å². The number of carbonyl (C=O) groups is 1. The normalized spacial score (nSPS) is 12.2. The summed E-state index contributed by atoms with van der Waals surface area (Å²) in [7, 11) is 1.59. The Morgan fingerprint density at radius 2 is 2.06 bits per heavy atom. The smallest absolute Gasteiger partial charge is 0.183 e. The summed E-state index contributed by atoms with van der Waals surface area (Å²) in [5.41, 5.74) is 0.649. The monoisotopic (exact) mass is 249 g/mol. The quantitative estimate of drug-likeness (QED) is 0.568. The zero-order valence-corrected chi connectivity index (χ0v) is 11.5. The van der Waals surface area contributed by atoms with Gasteiger partial charge < -0.3 is 10.1 Å². The van der Waals surface area contributed by atoms with E-state index in [4.69, 9.17) is 4.74 Å². The molecule has 0 amide bonds. The Labute approximate surface area is 110 Å². The maximum Gasteiger partial charge on any atom is 0.183 e. The number of hydrogen-bond acceptors (Lipinski definition) is 3. The number of unbranched alkanes of at least 4 members (excludes halogenated alkanes) is 2. The van der Waals surface area contributed by atoms with Gasteiger partial charge in [0.2, 0.25) is 0 Å². The number of rotatable bonds is 8. The summed E-state index contributed by atoms with van der Waals surface area (Å²) in [6, 6.07) is 7.19. The molecule has 18 heavy (non-hydrogen) atoms. The first-order chi connectivity index (χ1) is 8.70. The lowest BCUT2D eigenvalue weighted by atomic mass is 10.0. The Morgan fingerprint density at radius 3 is 2.72 bits per heavy atom. The molecule has 3 nitrogen and oxygen atoms in total. The van der Waals surface area contributed by atoms with E-state index in [-0.39, 0.29) is 11.8 Å². The topological polar surface area (TPSA) is 38.3 Å². The fourth-order valence-corrected chi connectivity index (χ4v) is 1.87. The molecule has 0 radical (unpaired) electrons. The van der Waals surface area contributed by atoms with Crippen LogP contribution in [0.3, 0.4) is 0 Å². The zero-order valence-electron chi connectivity index (χ0n) is 11.5. The van der Waals surface area contributed by atoms with E-state index >= 15 is 0 Å². The molecule has 1 atom stereocenters. The van der Waals surface area contributed by atoms with Gasteiger partial charge in [0.1, 0.15) is 5.75 Å². The van der Waals surface area contributed by atoms with Crippen molar-refractivity contribution in [3.05, 3.63) is 29.8 Å². The molecule has 1 N–H and O–H groups in total. The third kappa shape index (κ3) is 4.15. The van der Waals surface area contributed by atoms with Crippen molar-refractivity contribution in [2.75, 3.05) is 13.7 Å². The number of ketones is 1. The van der Waals surface area contributed by atoms with E-state index in [0.29, 0.717) is 11.3 Å².